The van der Waals surface area contributed by atoms with E-state index in [1.165, 1.54) is 16.7 Å². The van der Waals surface area contributed by atoms with Crippen molar-refractivity contribution < 1.29 is 13.2 Å². The van der Waals surface area contributed by atoms with E-state index in [9.17, 15) is 13.2 Å². The monoisotopic (exact) mass is 353 g/mol. The van der Waals surface area contributed by atoms with Crippen LogP contribution in [0.3, 0.4) is 0 Å². The van der Waals surface area contributed by atoms with Crippen molar-refractivity contribution in [3.63, 3.8) is 0 Å². The van der Waals surface area contributed by atoms with Gasteiger partial charge in [-0.05, 0) is 43.8 Å². The summed E-state index contributed by atoms with van der Waals surface area (Å²) in [6.45, 7) is 2.26. The number of nitrogens with zero attached hydrogens (tertiary/aromatic N) is 1. The summed E-state index contributed by atoms with van der Waals surface area (Å²) in [5, 5.41) is 0. The fourth-order valence-corrected chi connectivity index (χ4v) is 3.46. The quantitative estimate of drug-likeness (QED) is 0.601. The van der Waals surface area contributed by atoms with Crippen molar-refractivity contribution in [1.82, 2.24) is 4.90 Å². The fourth-order valence-electron chi connectivity index (χ4n) is 2.53. The highest BCUT2D eigenvalue weighted by Gasteiger charge is 2.41. The molecule has 0 fully saturated rings. The Kier molecular flexibility index (Phi) is 6.75. The molecule has 130 valence electrons. The maximum atomic E-state index is 13.4. The Labute approximate surface area is 145 Å². The third kappa shape index (κ3) is 5.87. The molecule has 24 heavy (non-hydrogen) atoms. The summed E-state index contributed by atoms with van der Waals surface area (Å²) in [4.78, 5) is 2.40. The molecule has 0 aliphatic carbocycles. The van der Waals surface area contributed by atoms with Gasteiger partial charge in [0, 0.05) is 11.4 Å². The molecule has 1 atom stereocenters. The van der Waals surface area contributed by atoms with Crippen LogP contribution in [0.15, 0.2) is 59.5 Å². The zero-order chi connectivity index (χ0) is 17.6. The second-order valence-corrected chi connectivity index (χ2v) is 7.08. The van der Waals surface area contributed by atoms with E-state index >= 15 is 0 Å². The van der Waals surface area contributed by atoms with Crippen molar-refractivity contribution in [2.75, 3.05) is 12.8 Å². The van der Waals surface area contributed by atoms with Crippen LogP contribution in [0.4, 0.5) is 13.2 Å². The molecule has 2 aromatic carbocycles. The molecule has 5 heteroatoms. The minimum atomic E-state index is -4.23. The number of hydrogen-bond acceptors (Lipinski definition) is 2. The van der Waals surface area contributed by atoms with Crippen LogP contribution < -0.4 is 0 Å². The van der Waals surface area contributed by atoms with Gasteiger partial charge in [0.25, 0.3) is 0 Å². The number of rotatable bonds is 7. The molecule has 0 spiro atoms. The van der Waals surface area contributed by atoms with Crippen LogP contribution in [0.1, 0.15) is 17.5 Å². The van der Waals surface area contributed by atoms with E-state index in [4.69, 9.17) is 0 Å². The van der Waals surface area contributed by atoms with Crippen LogP contribution >= 0.6 is 11.8 Å². The van der Waals surface area contributed by atoms with Crippen LogP contribution in [0.25, 0.3) is 0 Å². The maximum Gasteiger partial charge on any atom is 0.404 e. The van der Waals surface area contributed by atoms with Gasteiger partial charge in [0.2, 0.25) is 0 Å². The van der Waals surface area contributed by atoms with Gasteiger partial charge in [-0.3, -0.25) is 4.90 Å². The Morgan fingerprint density at radius 3 is 2.21 bits per heavy atom. The van der Waals surface area contributed by atoms with Gasteiger partial charge in [-0.2, -0.15) is 13.2 Å². The maximum absolute atomic E-state index is 13.4. The summed E-state index contributed by atoms with van der Waals surface area (Å²) >= 11 is 1.46. The Morgan fingerprint density at radius 2 is 1.62 bits per heavy atom. The highest BCUT2D eigenvalue weighted by molar-refractivity contribution is 7.99. The van der Waals surface area contributed by atoms with Gasteiger partial charge in [0.1, 0.15) is 6.04 Å². The van der Waals surface area contributed by atoms with Crippen molar-refractivity contribution in [3.05, 3.63) is 65.7 Å². The summed E-state index contributed by atoms with van der Waals surface area (Å²) in [5.74, 6) is 0.437. The molecule has 0 aromatic heterocycles. The van der Waals surface area contributed by atoms with Gasteiger partial charge in [-0.15, -0.1) is 11.8 Å². The van der Waals surface area contributed by atoms with Gasteiger partial charge >= 0.3 is 6.18 Å². The van der Waals surface area contributed by atoms with E-state index in [0.29, 0.717) is 12.3 Å². The Balaban J connectivity index is 1.95. The molecular weight excluding hydrogens is 331 g/mol. The van der Waals surface area contributed by atoms with Crippen molar-refractivity contribution in [2.45, 2.75) is 37.0 Å². The van der Waals surface area contributed by atoms with E-state index in [1.807, 2.05) is 61.5 Å². The molecule has 0 heterocycles. The average molecular weight is 353 g/mol. The Bertz CT molecular complexity index is 611. The minimum absolute atomic E-state index is 0.0748. The third-order valence-electron chi connectivity index (χ3n) is 3.87. The zero-order valence-corrected chi connectivity index (χ0v) is 14.7. The lowest BCUT2D eigenvalue weighted by Crippen LogP contribution is -2.43. The van der Waals surface area contributed by atoms with Crippen molar-refractivity contribution in [2.24, 2.45) is 0 Å². The predicted molar refractivity (Wildman–Crippen MR) is 94.3 cm³/mol. The summed E-state index contributed by atoms with van der Waals surface area (Å²) in [6, 6.07) is 15.7. The molecule has 0 amide bonds. The van der Waals surface area contributed by atoms with Gasteiger partial charge in [0.05, 0.1) is 0 Å². The molecule has 0 saturated heterocycles. The summed E-state index contributed by atoms with van der Waals surface area (Å²) in [6.07, 6.45) is -4.15. The average Bonchev–Trinajstić information content (AvgIpc) is 2.53. The van der Waals surface area contributed by atoms with Gasteiger partial charge in [0.15, 0.2) is 0 Å². The molecule has 1 nitrogen and oxygen atoms in total. The summed E-state index contributed by atoms with van der Waals surface area (Å²) < 4.78 is 40.2. The van der Waals surface area contributed by atoms with Crippen LogP contribution in [0.2, 0.25) is 0 Å². The first kappa shape index (κ1) is 18.9. The van der Waals surface area contributed by atoms with Crippen LogP contribution in [0.5, 0.6) is 0 Å². The Hall–Kier alpha value is -1.46. The second kappa shape index (κ2) is 8.58. The molecular formula is C19H22F3NS. The van der Waals surface area contributed by atoms with Gasteiger partial charge in [-0.25, -0.2) is 0 Å². The number of halogens is 3. The van der Waals surface area contributed by atoms with E-state index in [0.717, 1.165) is 16.0 Å². The molecule has 2 aromatic rings. The van der Waals surface area contributed by atoms with Crippen molar-refractivity contribution >= 4 is 11.8 Å². The first-order valence-electron chi connectivity index (χ1n) is 7.86. The highest BCUT2D eigenvalue weighted by Crippen LogP contribution is 2.30. The molecule has 0 radical (unpaired) electrons. The lowest BCUT2D eigenvalue weighted by atomic mass is 10.1. The van der Waals surface area contributed by atoms with Crippen LogP contribution in [-0.2, 0) is 6.54 Å². The molecule has 0 N–H and O–H groups in total. The first-order valence-corrected chi connectivity index (χ1v) is 8.85. The van der Waals surface area contributed by atoms with Crippen molar-refractivity contribution in [1.29, 1.82) is 0 Å². The molecule has 0 aliphatic heterocycles. The number of hydrogen-bond donors (Lipinski definition) is 0. The normalized spacial score (nSPS) is 13.2. The van der Waals surface area contributed by atoms with Gasteiger partial charge < -0.3 is 0 Å². The SMILES string of the molecule is Cc1ccc(CN(C)C(CCSc2ccccc2)C(F)(F)F)cc1. The number of aryl methyl sites for hydroxylation is 1. The largest absolute Gasteiger partial charge is 0.404 e. The number of alkyl halides is 3. The lowest BCUT2D eigenvalue weighted by molar-refractivity contribution is -0.182. The standard InChI is InChI=1S/C19H22F3NS/c1-15-8-10-16(11-9-15)14-23(2)18(19(20,21)22)12-13-24-17-6-4-3-5-7-17/h3-11,18H,12-14H2,1-2H3. The second-order valence-electron chi connectivity index (χ2n) is 5.91. The molecule has 0 bridgehead atoms. The highest BCUT2D eigenvalue weighted by atomic mass is 32.2. The topological polar surface area (TPSA) is 3.24 Å². The smallest absolute Gasteiger partial charge is 0.291 e. The fraction of sp³-hybridized carbons (Fsp3) is 0.368. The molecule has 2 rings (SSSR count). The van der Waals surface area contributed by atoms with E-state index < -0.39 is 12.2 Å². The summed E-state index contributed by atoms with van der Waals surface area (Å²) in [7, 11) is 1.55. The number of benzene rings is 2. The van der Waals surface area contributed by atoms with Crippen LogP contribution in [0, 0.1) is 6.92 Å². The molecule has 1 unspecified atom stereocenters. The van der Waals surface area contributed by atoms with E-state index in [2.05, 4.69) is 0 Å². The lowest BCUT2D eigenvalue weighted by Gasteiger charge is -2.30. The Morgan fingerprint density at radius 1 is 1.00 bits per heavy atom. The van der Waals surface area contributed by atoms with Gasteiger partial charge in [-0.1, -0.05) is 48.0 Å². The van der Waals surface area contributed by atoms with Crippen LogP contribution in [-0.4, -0.2) is 29.9 Å². The zero-order valence-electron chi connectivity index (χ0n) is 13.9. The molecule has 0 aliphatic rings. The predicted octanol–water partition coefficient (Wildman–Crippen LogP) is 5.54. The molecule has 0 saturated carbocycles. The minimum Gasteiger partial charge on any atom is -0.291 e. The van der Waals surface area contributed by atoms with E-state index in [1.54, 1.807) is 7.05 Å². The third-order valence-corrected chi connectivity index (χ3v) is 4.91. The van der Waals surface area contributed by atoms with E-state index in [-0.39, 0.29) is 6.42 Å². The van der Waals surface area contributed by atoms with Crippen molar-refractivity contribution in [3.8, 4) is 0 Å². The number of thioether (sulfide) groups is 1. The summed E-state index contributed by atoms with van der Waals surface area (Å²) in [5.41, 5.74) is 2.00. The first-order chi connectivity index (χ1) is 11.4.